The molecular weight excluding hydrogens is 211 g/mol. The molecular formula is C8H4F3N3O. The fourth-order valence-electron chi connectivity index (χ4n) is 0.895. The minimum absolute atomic E-state index is 0.149. The summed E-state index contributed by atoms with van der Waals surface area (Å²) < 4.78 is 35.9. The van der Waals surface area contributed by atoms with Crippen LogP contribution in [0.25, 0.3) is 10.4 Å². The van der Waals surface area contributed by atoms with Gasteiger partial charge in [-0.1, -0.05) is 29.4 Å². The van der Waals surface area contributed by atoms with Gasteiger partial charge in [-0.25, -0.2) is 0 Å². The number of carbonyl (C=O) groups excluding carboxylic acids is 1. The van der Waals surface area contributed by atoms with Crippen LogP contribution in [0.2, 0.25) is 0 Å². The van der Waals surface area contributed by atoms with Gasteiger partial charge >= 0.3 is 6.18 Å². The number of hydrogen-bond donors (Lipinski definition) is 0. The first-order valence-electron chi connectivity index (χ1n) is 3.72. The van der Waals surface area contributed by atoms with Gasteiger partial charge in [-0.15, -0.1) is 0 Å². The summed E-state index contributed by atoms with van der Waals surface area (Å²) in [4.78, 5) is 13.2. The van der Waals surface area contributed by atoms with Crippen LogP contribution in [-0.4, -0.2) is 12.0 Å². The molecule has 15 heavy (non-hydrogen) atoms. The molecule has 0 aliphatic carbocycles. The SMILES string of the molecule is [N-]=[N+]=Nc1ccc(C(=O)C(F)(F)F)cc1. The van der Waals surface area contributed by atoms with Crippen LogP contribution < -0.4 is 0 Å². The zero-order valence-electron chi connectivity index (χ0n) is 7.19. The number of benzene rings is 1. The number of hydrogen-bond acceptors (Lipinski definition) is 2. The van der Waals surface area contributed by atoms with E-state index in [-0.39, 0.29) is 5.69 Å². The highest BCUT2D eigenvalue weighted by Crippen LogP contribution is 2.22. The Balaban J connectivity index is 2.99. The van der Waals surface area contributed by atoms with E-state index in [0.29, 0.717) is 0 Å². The van der Waals surface area contributed by atoms with Crippen molar-refractivity contribution in [3.8, 4) is 0 Å². The van der Waals surface area contributed by atoms with Gasteiger partial charge in [0, 0.05) is 16.2 Å². The third-order valence-electron chi connectivity index (χ3n) is 1.55. The second kappa shape index (κ2) is 4.02. The van der Waals surface area contributed by atoms with Crippen LogP contribution in [0.5, 0.6) is 0 Å². The zero-order valence-corrected chi connectivity index (χ0v) is 7.19. The van der Waals surface area contributed by atoms with Crippen molar-refractivity contribution in [3.05, 3.63) is 40.3 Å². The minimum atomic E-state index is -4.89. The lowest BCUT2D eigenvalue weighted by atomic mass is 10.1. The smallest absolute Gasteiger partial charge is 0.284 e. The van der Waals surface area contributed by atoms with Crippen LogP contribution in [-0.2, 0) is 0 Å². The van der Waals surface area contributed by atoms with E-state index in [4.69, 9.17) is 5.53 Å². The van der Waals surface area contributed by atoms with Crippen molar-refractivity contribution in [3.63, 3.8) is 0 Å². The van der Waals surface area contributed by atoms with Crippen LogP contribution in [0.15, 0.2) is 29.4 Å². The maximum atomic E-state index is 12.0. The largest absolute Gasteiger partial charge is 0.454 e. The average Bonchev–Trinajstić information content (AvgIpc) is 2.17. The normalized spacial score (nSPS) is 10.6. The quantitative estimate of drug-likeness (QED) is 0.322. The van der Waals surface area contributed by atoms with Gasteiger partial charge in [0.15, 0.2) is 0 Å². The number of carbonyl (C=O) groups is 1. The van der Waals surface area contributed by atoms with E-state index >= 15 is 0 Å². The Hall–Kier alpha value is -2.01. The molecule has 7 heteroatoms. The molecule has 0 spiro atoms. The highest BCUT2D eigenvalue weighted by atomic mass is 19.4. The van der Waals surface area contributed by atoms with E-state index in [1.807, 2.05) is 0 Å². The predicted molar refractivity (Wildman–Crippen MR) is 45.6 cm³/mol. The molecule has 0 atom stereocenters. The van der Waals surface area contributed by atoms with Gasteiger partial charge in [-0.2, -0.15) is 13.2 Å². The van der Waals surface area contributed by atoms with E-state index in [1.54, 1.807) is 0 Å². The van der Waals surface area contributed by atoms with E-state index in [2.05, 4.69) is 10.0 Å². The molecule has 0 unspecified atom stereocenters. The standard InChI is InChI=1S/C8H4F3N3O/c9-8(10,11)7(15)5-1-3-6(4-2-5)13-14-12/h1-4H. The molecule has 0 aromatic heterocycles. The molecule has 1 aromatic carbocycles. The van der Waals surface area contributed by atoms with E-state index in [1.165, 1.54) is 0 Å². The molecule has 4 nitrogen and oxygen atoms in total. The van der Waals surface area contributed by atoms with Gasteiger partial charge in [0.2, 0.25) is 0 Å². The number of azide groups is 1. The van der Waals surface area contributed by atoms with Crippen LogP contribution >= 0.6 is 0 Å². The van der Waals surface area contributed by atoms with E-state index in [9.17, 15) is 18.0 Å². The number of ketones is 1. The maximum Gasteiger partial charge on any atom is 0.454 e. The lowest BCUT2D eigenvalue weighted by Crippen LogP contribution is -2.22. The third-order valence-corrected chi connectivity index (χ3v) is 1.55. The molecule has 0 heterocycles. The Morgan fingerprint density at radius 3 is 2.20 bits per heavy atom. The van der Waals surface area contributed by atoms with Crippen molar-refractivity contribution in [2.75, 3.05) is 0 Å². The summed E-state index contributed by atoms with van der Waals surface area (Å²) in [6.45, 7) is 0. The first-order valence-corrected chi connectivity index (χ1v) is 3.72. The maximum absolute atomic E-state index is 12.0. The topological polar surface area (TPSA) is 65.8 Å². The number of Topliss-reactive ketones (excluding diaryl/α,β-unsaturated/α-hetero) is 1. The second-order valence-corrected chi connectivity index (χ2v) is 2.56. The molecule has 0 aliphatic rings. The molecule has 1 aromatic rings. The minimum Gasteiger partial charge on any atom is -0.284 e. The first kappa shape index (κ1) is 11.1. The van der Waals surface area contributed by atoms with Crippen LogP contribution in [0, 0.1) is 0 Å². The van der Waals surface area contributed by atoms with E-state index < -0.39 is 17.5 Å². The van der Waals surface area contributed by atoms with Crippen molar-refractivity contribution in [1.82, 2.24) is 0 Å². The van der Waals surface area contributed by atoms with Gasteiger partial charge in [0.25, 0.3) is 5.78 Å². The molecule has 0 amide bonds. The Bertz CT molecular complexity index is 418. The summed E-state index contributed by atoms with van der Waals surface area (Å²) >= 11 is 0. The molecule has 1 rings (SSSR count). The summed E-state index contributed by atoms with van der Waals surface area (Å²) in [5.41, 5.74) is 7.70. The predicted octanol–water partition coefficient (Wildman–Crippen LogP) is 3.37. The van der Waals surface area contributed by atoms with Crippen LogP contribution in [0.4, 0.5) is 18.9 Å². The number of alkyl halides is 3. The zero-order chi connectivity index (χ0) is 11.5. The van der Waals surface area contributed by atoms with Crippen molar-refractivity contribution in [2.45, 2.75) is 6.18 Å². The first-order chi connectivity index (χ1) is 6.95. The third kappa shape index (κ3) is 2.72. The summed E-state index contributed by atoms with van der Waals surface area (Å²) in [6, 6.07) is 4.19. The molecule has 0 radical (unpaired) electrons. The summed E-state index contributed by atoms with van der Waals surface area (Å²) in [5, 5.41) is 3.16. The molecule has 0 bridgehead atoms. The summed E-state index contributed by atoms with van der Waals surface area (Å²) in [5.74, 6) is -1.92. The van der Waals surface area contributed by atoms with Crippen LogP contribution in [0.1, 0.15) is 10.4 Å². The van der Waals surface area contributed by atoms with Crippen molar-refractivity contribution in [2.24, 2.45) is 5.11 Å². The summed E-state index contributed by atoms with van der Waals surface area (Å²) in [7, 11) is 0. The monoisotopic (exact) mass is 215 g/mol. The summed E-state index contributed by atoms with van der Waals surface area (Å²) in [6.07, 6.45) is -4.89. The van der Waals surface area contributed by atoms with Crippen molar-refractivity contribution in [1.29, 1.82) is 0 Å². The van der Waals surface area contributed by atoms with E-state index in [0.717, 1.165) is 24.3 Å². The Kier molecular flexibility index (Phi) is 2.96. The molecule has 0 aliphatic heterocycles. The lowest BCUT2D eigenvalue weighted by molar-refractivity contribution is -0.0885. The number of rotatable bonds is 2. The fourth-order valence-corrected chi connectivity index (χ4v) is 0.895. The Labute approximate surface area is 82.0 Å². The van der Waals surface area contributed by atoms with Gasteiger partial charge in [-0.3, -0.25) is 4.79 Å². The number of halogens is 3. The lowest BCUT2D eigenvalue weighted by Gasteiger charge is -2.04. The van der Waals surface area contributed by atoms with Gasteiger partial charge in [0.05, 0.1) is 0 Å². The van der Waals surface area contributed by atoms with Crippen molar-refractivity contribution < 1.29 is 18.0 Å². The van der Waals surface area contributed by atoms with Crippen molar-refractivity contribution >= 4 is 11.5 Å². The highest BCUT2D eigenvalue weighted by Gasteiger charge is 2.38. The van der Waals surface area contributed by atoms with Gasteiger partial charge < -0.3 is 0 Å². The Morgan fingerprint density at radius 2 is 1.80 bits per heavy atom. The molecule has 78 valence electrons. The fraction of sp³-hybridized carbons (Fsp3) is 0.125. The number of nitrogens with zero attached hydrogens (tertiary/aromatic N) is 3. The van der Waals surface area contributed by atoms with Gasteiger partial charge in [-0.05, 0) is 5.53 Å². The Morgan fingerprint density at radius 1 is 1.27 bits per heavy atom. The van der Waals surface area contributed by atoms with Gasteiger partial charge in [0.1, 0.15) is 0 Å². The molecule has 0 fully saturated rings. The second-order valence-electron chi connectivity index (χ2n) is 2.56. The average molecular weight is 215 g/mol. The molecule has 0 saturated carbocycles. The van der Waals surface area contributed by atoms with Crippen LogP contribution in [0.3, 0.4) is 0 Å². The molecule has 0 N–H and O–H groups in total. The molecule has 0 saturated heterocycles. The highest BCUT2D eigenvalue weighted by molar-refractivity contribution is 6.00.